The first-order valence-corrected chi connectivity index (χ1v) is 5.39. The number of aromatic amines is 1. The van der Waals surface area contributed by atoms with Crippen LogP contribution in [-0.2, 0) is 13.1 Å². The standard InChI is InChI=1S/C10H14N4O/c15-9-7-4-11-5-8(7)13-10(14-9)12-3-6-1-2-6/h6,11H,1-5H2,(H2,12,13,14,15). The molecule has 0 amide bonds. The first-order valence-electron chi connectivity index (χ1n) is 5.39. The summed E-state index contributed by atoms with van der Waals surface area (Å²) in [5.41, 5.74) is 1.66. The van der Waals surface area contributed by atoms with Gasteiger partial charge in [0.25, 0.3) is 5.56 Å². The van der Waals surface area contributed by atoms with Gasteiger partial charge in [-0.1, -0.05) is 0 Å². The highest BCUT2D eigenvalue weighted by Crippen LogP contribution is 2.28. The summed E-state index contributed by atoms with van der Waals surface area (Å²) in [5.74, 6) is 1.40. The molecule has 5 heteroatoms. The Hall–Kier alpha value is -1.36. The number of hydrogen-bond acceptors (Lipinski definition) is 4. The fourth-order valence-electron chi connectivity index (χ4n) is 1.83. The van der Waals surface area contributed by atoms with Crippen LogP contribution in [0.25, 0.3) is 0 Å². The van der Waals surface area contributed by atoms with E-state index in [-0.39, 0.29) is 5.56 Å². The van der Waals surface area contributed by atoms with Crippen molar-refractivity contribution < 1.29 is 0 Å². The number of nitrogens with zero attached hydrogens (tertiary/aromatic N) is 1. The fraction of sp³-hybridized carbons (Fsp3) is 0.600. The van der Waals surface area contributed by atoms with Gasteiger partial charge in [-0.05, 0) is 18.8 Å². The minimum atomic E-state index is -0.0108. The largest absolute Gasteiger partial charge is 0.355 e. The Bertz CT molecular complexity index is 436. The minimum Gasteiger partial charge on any atom is -0.355 e. The maximum Gasteiger partial charge on any atom is 0.257 e. The molecule has 0 radical (unpaired) electrons. The van der Waals surface area contributed by atoms with Crippen LogP contribution >= 0.6 is 0 Å². The number of anilines is 1. The van der Waals surface area contributed by atoms with Crippen LogP contribution in [0, 0.1) is 5.92 Å². The monoisotopic (exact) mass is 206 g/mol. The lowest BCUT2D eigenvalue weighted by atomic mass is 10.3. The molecule has 1 aromatic rings. The van der Waals surface area contributed by atoms with Crippen molar-refractivity contribution in [3.63, 3.8) is 0 Å². The Kier molecular flexibility index (Phi) is 1.98. The molecule has 2 heterocycles. The van der Waals surface area contributed by atoms with E-state index in [1.165, 1.54) is 12.8 Å². The van der Waals surface area contributed by atoms with Crippen molar-refractivity contribution in [1.82, 2.24) is 15.3 Å². The molecular formula is C10H14N4O. The maximum absolute atomic E-state index is 11.6. The highest BCUT2D eigenvalue weighted by Gasteiger charge is 2.22. The molecular weight excluding hydrogens is 192 g/mol. The second-order valence-corrected chi connectivity index (χ2v) is 4.27. The summed E-state index contributed by atoms with van der Waals surface area (Å²) < 4.78 is 0. The number of nitrogens with one attached hydrogen (secondary N) is 3. The van der Waals surface area contributed by atoms with Gasteiger partial charge < -0.3 is 10.6 Å². The number of rotatable bonds is 3. The van der Waals surface area contributed by atoms with Crippen molar-refractivity contribution >= 4 is 5.95 Å². The first-order chi connectivity index (χ1) is 7.33. The lowest BCUT2D eigenvalue weighted by Gasteiger charge is -2.05. The summed E-state index contributed by atoms with van der Waals surface area (Å²) >= 11 is 0. The predicted octanol–water partition coefficient (Wildman–Crippen LogP) is 0.195. The Morgan fingerprint density at radius 2 is 2.27 bits per heavy atom. The highest BCUT2D eigenvalue weighted by atomic mass is 16.1. The van der Waals surface area contributed by atoms with Crippen LogP contribution in [0.2, 0.25) is 0 Å². The smallest absolute Gasteiger partial charge is 0.257 e. The molecule has 1 aliphatic carbocycles. The lowest BCUT2D eigenvalue weighted by molar-refractivity contribution is 0.756. The molecule has 0 atom stereocenters. The summed E-state index contributed by atoms with van der Waals surface area (Å²) in [6, 6.07) is 0. The number of hydrogen-bond donors (Lipinski definition) is 3. The molecule has 0 unspecified atom stereocenters. The maximum atomic E-state index is 11.6. The van der Waals surface area contributed by atoms with Crippen molar-refractivity contribution in [2.45, 2.75) is 25.9 Å². The third-order valence-corrected chi connectivity index (χ3v) is 2.95. The Morgan fingerprint density at radius 3 is 3.07 bits per heavy atom. The summed E-state index contributed by atoms with van der Waals surface area (Å²) in [6.07, 6.45) is 2.59. The molecule has 1 saturated carbocycles. The van der Waals surface area contributed by atoms with Gasteiger partial charge in [0.2, 0.25) is 5.95 Å². The van der Waals surface area contributed by atoms with Gasteiger partial charge in [0.1, 0.15) is 0 Å². The zero-order valence-corrected chi connectivity index (χ0v) is 8.47. The normalized spacial score (nSPS) is 18.9. The van der Waals surface area contributed by atoms with Crippen molar-refractivity contribution in [1.29, 1.82) is 0 Å². The molecule has 0 saturated heterocycles. The van der Waals surface area contributed by atoms with Gasteiger partial charge in [0, 0.05) is 19.6 Å². The zero-order valence-electron chi connectivity index (χ0n) is 8.47. The van der Waals surface area contributed by atoms with Crippen molar-refractivity contribution in [3.05, 3.63) is 21.6 Å². The van der Waals surface area contributed by atoms with E-state index in [2.05, 4.69) is 20.6 Å². The summed E-state index contributed by atoms with van der Waals surface area (Å²) in [5, 5.41) is 6.31. The first kappa shape index (κ1) is 8.91. The van der Waals surface area contributed by atoms with Gasteiger partial charge in [0.05, 0.1) is 11.3 Å². The highest BCUT2D eigenvalue weighted by molar-refractivity contribution is 5.31. The van der Waals surface area contributed by atoms with E-state index in [1.807, 2.05) is 0 Å². The van der Waals surface area contributed by atoms with E-state index >= 15 is 0 Å². The molecule has 3 N–H and O–H groups in total. The predicted molar refractivity (Wildman–Crippen MR) is 56.6 cm³/mol. The molecule has 1 fully saturated rings. The average molecular weight is 206 g/mol. The summed E-state index contributed by atoms with van der Waals surface area (Å²) in [6.45, 7) is 2.27. The number of aromatic nitrogens is 2. The quantitative estimate of drug-likeness (QED) is 0.660. The van der Waals surface area contributed by atoms with E-state index in [0.717, 1.165) is 23.7 Å². The third-order valence-electron chi connectivity index (χ3n) is 2.95. The van der Waals surface area contributed by atoms with Gasteiger partial charge >= 0.3 is 0 Å². The lowest BCUT2D eigenvalue weighted by Crippen LogP contribution is -2.18. The van der Waals surface area contributed by atoms with Gasteiger partial charge in [-0.15, -0.1) is 0 Å². The SMILES string of the molecule is O=c1[nH]c(NCC2CC2)nc2c1CNC2. The second-order valence-electron chi connectivity index (χ2n) is 4.27. The van der Waals surface area contributed by atoms with E-state index in [4.69, 9.17) is 0 Å². The molecule has 5 nitrogen and oxygen atoms in total. The third kappa shape index (κ3) is 1.74. The zero-order chi connectivity index (χ0) is 10.3. The van der Waals surface area contributed by atoms with E-state index in [0.29, 0.717) is 19.0 Å². The van der Waals surface area contributed by atoms with Gasteiger partial charge in [0.15, 0.2) is 0 Å². The number of fused-ring (bicyclic) bond motifs is 1. The van der Waals surface area contributed by atoms with Crippen LogP contribution in [0.1, 0.15) is 24.1 Å². The van der Waals surface area contributed by atoms with Gasteiger partial charge in [-0.2, -0.15) is 0 Å². The Morgan fingerprint density at radius 1 is 1.40 bits per heavy atom. The van der Waals surface area contributed by atoms with Crippen molar-refractivity contribution in [2.24, 2.45) is 5.92 Å². The summed E-state index contributed by atoms with van der Waals surface area (Å²) in [4.78, 5) is 18.8. The molecule has 80 valence electrons. The van der Waals surface area contributed by atoms with Crippen LogP contribution in [-0.4, -0.2) is 16.5 Å². The molecule has 15 heavy (non-hydrogen) atoms. The molecule has 3 rings (SSSR count). The van der Waals surface area contributed by atoms with E-state index in [9.17, 15) is 4.79 Å². The van der Waals surface area contributed by atoms with Crippen LogP contribution in [0.3, 0.4) is 0 Å². The minimum absolute atomic E-state index is 0.0108. The van der Waals surface area contributed by atoms with Crippen molar-refractivity contribution in [2.75, 3.05) is 11.9 Å². The van der Waals surface area contributed by atoms with Crippen LogP contribution in [0.15, 0.2) is 4.79 Å². The molecule has 1 aromatic heterocycles. The Balaban J connectivity index is 1.82. The number of H-pyrrole nitrogens is 1. The molecule has 0 aromatic carbocycles. The topological polar surface area (TPSA) is 69.8 Å². The second kappa shape index (κ2) is 3.34. The van der Waals surface area contributed by atoms with Crippen LogP contribution < -0.4 is 16.2 Å². The fourth-order valence-corrected chi connectivity index (χ4v) is 1.83. The van der Waals surface area contributed by atoms with E-state index in [1.54, 1.807) is 0 Å². The Labute approximate surface area is 87.3 Å². The van der Waals surface area contributed by atoms with Crippen molar-refractivity contribution in [3.8, 4) is 0 Å². The van der Waals surface area contributed by atoms with Gasteiger partial charge in [-0.25, -0.2) is 4.98 Å². The molecule has 1 aliphatic heterocycles. The molecule has 2 aliphatic rings. The van der Waals surface area contributed by atoms with Crippen LogP contribution in [0.5, 0.6) is 0 Å². The van der Waals surface area contributed by atoms with Crippen LogP contribution in [0.4, 0.5) is 5.95 Å². The van der Waals surface area contributed by atoms with E-state index < -0.39 is 0 Å². The average Bonchev–Trinajstić information content (AvgIpc) is 2.93. The molecule has 0 spiro atoms. The summed E-state index contributed by atoms with van der Waals surface area (Å²) in [7, 11) is 0. The molecule has 0 bridgehead atoms. The van der Waals surface area contributed by atoms with Gasteiger partial charge in [-0.3, -0.25) is 9.78 Å².